The van der Waals surface area contributed by atoms with Crippen LogP contribution in [0.25, 0.3) is 0 Å². The van der Waals surface area contributed by atoms with E-state index in [-0.39, 0.29) is 37.5 Å². The zero-order valence-corrected chi connectivity index (χ0v) is 33.2. The van der Waals surface area contributed by atoms with Gasteiger partial charge in [0.2, 0.25) is 29.5 Å². The Hall–Kier alpha value is -2.81. The minimum absolute atomic E-state index is 0.0827. The summed E-state index contributed by atoms with van der Waals surface area (Å²) in [6, 6.07) is -4.49. The number of likely N-dealkylation sites (N-methyl/N-ethyl adjacent to an activating group) is 1. The number of hydrogen-bond donors (Lipinski definition) is 6. The maximum absolute atomic E-state index is 14.3. The lowest BCUT2D eigenvalue weighted by atomic mass is 9.82. The molecule has 14 nitrogen and oxygen atoms in total. The van der Waals surface area contributed by atoms with Crippen molar-refractivity contribution in [1.29, 1.82) is 0 Å². The molecule has 5 amide bonds. The van der Waals surface area contributed by atoms with Crippen LogP contribution in [0.4, 0.5) is 0 Å². The second-order valence-corrected chi connectivity index (χ2v) is 16.2. The van der Waals surface area contributed by atoms with Gasteiger partial charge in [0.25, 0.3) is 0 Å². The van der Waals surface area contributed by atoms with E-state index >= 15 is 0 Å². The quantitative estimate of drug-likeness (QED) is 0.135. The molecule has 8 N–H and O–H groups in total. The third-order valence-corrected chi connectivity index (χ3v) is 11.2. The first-order valence-corrected chi connectivity index (χ1v) is 20.4. The lowest BCUT2D eigenvalue weighted by Crippen LogP contribution is -2.62. The van der Waals surface area contributed by atoms with Gasteiger partial charge in [0.1, 0.15) is 24.2 Å². The van der Waals surface area contributed by atoms with Crippen LogP contribution in [0.3, 0.4) is 0 Å². The van der Waals surface area contributed by atoms with Gasteiger partial charge in [0, 0.05) is 26.2 Å². The van der Waals surface area contributed by atoms with E-state index in [1.165, 1.54) is 11.3 Å². The van der Waals surface area contributed by atoms with Crippen molar-refractivity contribution >= 4 is 29.5 Å². The van der Waals surface area contributed by atoms with Crippen molar-refractivity contribution in [3.8, 4) is 0 Å². The van der Waals surface area contributed by atoms with Gasteiger partial charge in [-0.3, -0.25) is 24.0 Å². The Labute approximate surface area is 317 Å². The molecule has 0 unspecified atom stereocenters. The minimum atomic E-state index is -1.17. The van der Waals surface area contributed by atoms with E-state index in [1.54, 1.807) is 7.05 Å². The molecular formula is C39H71N7O7. The van der Waals surface area contributed by atoms with Gasteiger partial charge in [-0.05, 0) is 63.3 Å². The Morgan fingerprint density at radius 2 is 1.40 bits per heavy atom. The summed E-state index contributed by atoms with van der Waals surface area (Å²) in [6.45, 7) is 8.18. The molecule has 0 aromatic heterocycles. The van der Waals surface area contributed by atoms with E-state index in [1.807, 2.05) is 27.7 Å². The van der Waals surface area contributed by atoms with Crippen LogP contribution in [0.2, 0.25) is 0 Å². The molecule has 0 bridgehead atoms. The smallest absolute Gasteiger partial charge is 0.245 e. The average molecular weight is 750 g/mol. The van der Waals surface area contributed by atoms with Crippen LogP contribution >= 0.6 is 0 Å². The molecule has 304 valence electrons. The second kappa shape index (κ2) is 23.2. The molecule has 2 aliphatic carbocycles. The molecule has 0 aromatic carbocycles. The van der Waals surface area contributed by atoms with Crippen LogP contribution in [-0.4, -0.2) is 111 Å². The predicted octanol–water partition coefficient (Wildman–Crippen LogP) is 2.12. The van der Waals surface area contributed by atoms with E-state index in [4.69, 9.17) is 20.9 Å². The van der Waals surface area contributed by atoms with Gasteiger partial charge in [0.15, 0.2) is 0 Å². The normalized spacial score (nSPS) is 30.4. The Balaban J connectivity index is 2.02. The number of rotatable bonds is 11. The first-order chi connectivity index (χ1) is 25.4. The molecule has 1 heterocycles. The summed E-state index contributed by atoms with van der Waals surface area (Å²) < 4.78 is 12.2. The molecule has 1 aliphatic heterocycles. The van der Waals surface area contributed by atoms with Gasteiger partial charge in [-0.25, -0.2) is 0 Å². The molecule has 0 spiro atoms. The molecule has 0 radical (unpaired) electrons. The third-order valence-electron chi connectivity index (χ3n) is 11.2. The molecule has 53 heavy (non-hydrogen) atoms. The first-order valence-electron chi connectivity index (χ1n) is 20.4. The van der Waals surface area contributed by atoms with Crippen molar-refractivity contribution in [2.45, 2.75) is 154 Å². The van der Waals surface area contributed by atoms with Gasteiger partial charge in [-0.2, -0.15) is 0 Å². The largest absolute Gasteiger partial charge is 0.379 e. The Bertz CT molecular complexity index is 1160. The highest BCUT2D eigenvalue weighted by atomic mass is 16.5. The fourth-order valence-corrected chi connectivity index (χ4v) is 7.97. The van der Waals surface area contributed by atoms with Crippen molar-refractivity contribution in [2.24, 2.45) is 35.1 Å². The molecule has 7 atom stereocenters. The van der Waals surface area contributed by atoms with Crippen LogP contribution < -0.4 is 32.7 Å². The lowest BCUT2D eigenvalue weighted by molar-refractivity contribution is -0.148. The van der Waals surface area contributed by atoms with Crippen molar-refractivity contribution in [3.05, 3.63) is 0 Å². The molecule has 0 aromatic rings. The summed E-state index contributed by atoms with van der Waals surface area (Å²) in [5, 5.41) is 11.5. The van der Waals surface area contributed by atoms with Gasteiger partial charge >= 0.3 is 0 Å². The monoisotopic (exact) mass is 750 g/mol. The van der Waals surface area contributed by atoms with E-state index in [2.05, 4.69) is 21.3 Å². The summed E-state index contributed by atoms with van der Waals surface area (Å²) >= 11 is 0. The number of nitrogens with two attached hydrogens (primary N) is 2. The predicted molar refractivity (Wildman–Crippen MR) is 204 cm³/mol. The summed E-state index contributed by atoms with van der Waals surface area (Å²) in [7, 11) is 1.67. The Morgan fingerprint density at radius 1 is 0.792 bits per heavy atom. The van der Waals surface area contributed by atoms with Gasteiger partial charge < -0.3 is 47.1 Å². The summed E-state index contributed by atoms with van der Waals surface area (Å²) in [5.41, 5.74) is 11.7. The van der Waals surface area contributed by atoms with Crippen LogP contribution in [-0.2, 0) is 33.4 Å². The molecule has 3 fully saturated rings. The molecule has 3 rings (SSSR count). The van der Waals surface area contributed by atoms with Crippen LogP contribution in [0.15, 0.2) is 0 Å². The number of nitrogens with one attached hydrogen (secondary N) is 4. The summed E-state index contributed by atoms with van der Waals surface area (Å²) in [4.78, 5) is 71.6. The fraction of sp³-hybridized carbons (Fsp3) is 0.872. The molecule has 3 aliphatic rings. The van der Waals surface area contributed by atoms with Gasteiger partial charge in [0.05, 0.1) is 25.2 Å². The number of hydrogen-bond acceptors (Lipinski definition) is 9. The summed E-state index contributed by atoms with van der Waals surface area (Å²) in [5.74, 6) is -2.48. The third kappa shape index (κ3) is 14.4. The Morgan fingerprint density at radius 3 is 2.02 bits per heavy atom. The minimum Gasteiger partial charge on any atom is -0.379 e. The standard InChI is InChI=1S/C39H71N7O7/c1-25(2)20-32-37(49)45-34(29-16-11-6-7-12-17-29)38(50)43-30(22-41)35(47)44-31(24-52-19-13-18-40)36(48)42-26(3)23-53-33(27(4)39(51)46(32)5)21-28-14-9-8-10-15-28/h25-34H,6-24,40-41H2,1-5H3,(H,42,48)(H,43,50)(H,44,47)(H,45,49)/t26-,27-,30+,31+,32+,33-,34+/m1/s1. The summed E-state index contributed by atoms with van der Waals surface area (Å²) in [6.07, 6.45) is 12.2. The van der Waals surface area contributed by atoms with E-state index in [9.17, 15) is 24.0 Å². The van der Waals surface area contributed by atoms with Gasteiger partial charge in [-0.15, -0.1) is 0 Å². The maximum Gasteiger partial charge on any atom is 0.245 e. The SMILES string of the molecule is CC(C)C[C@H]1C(=O)N[C@@H](C2CCCCCC2)C(=O)N[C@@H](CN)C(=O)N[C@@H](COCCCN)C(=O)N[C@H](C)CO[C@H](CC2CCCCC2)[C@@H](C)C(=O)N1C. The highest BCUT2D eigenvalue weighted by Crippen LogP contribution is 2.31. The highest BCUT2D eigenvalue weighted by Gasteiger charge is 2.39. The topological polar surface area (TPSA) is 207 Å². The van der Waals surface area contributed by atoms with Crippen LogP contribution in [0.5, 0.6) is 0 Å². The molecule has 2 saturated carbocycles. The van der Waals surface area contributed by atoms with E-state index in [0.29, 0.717) is 38.3 Å². The number of carbonyl (C=O) groups excluding carboxylic acids is 5. The maximum atomic E-state index is 14.3. The number of carbonyl (C=O) groups is 5. The zero-order valence-electron chi connectivity index (χ0n) is 33.2. The van der Waals surface area contributed by atoms with Crippen LogP contribution in [0.1, 0.15) is 118 Å². The van der Waals surface area contributed by atoms with Crippen LogP contribution in [0, 0.1) is 23.7 Å². The van der Waals surface area contributed by atoms with Crippen molar-refractivity contribution < 1.29 is 33.4 Å². The first kappa shape index (κ1) is 44.6. The Kier molecular flexibility index (Phi) is 19.5. The van der Waals surface area contributed by atoms with Crippen molar-refractivity contribution in [3.63, 3.8) is 0 Å². The number of ether oxygens (including phenoxy) is 2. The molecule has 1 saturated heterocycles. The van der Waals surface area contributed by atoms with Crippen molar-refractivity contribution in [2.75, 3.05) is 40.0 Å². The number of nitrogens with zero attached hydrogens (tertiary/aromatic N) is 1. The zero-order chi connectivity index (χ0) is 38.9. The van der Waals surface area contributed by atoms with E-state index < -0.39 is 65.9 Å². The lowest BCUT2D eigenvalue weighted by Gasteiger charge is -2.36. The average Bonchev–Trinajstić information content (AvgIpc) is 3.43. The highest BCUT2D eigenvalue weighted by molar-refractivity contribution is 5.96. The van der Waals surface area contributed by atoms with Crippen molar-refractivity contribution in [1.82, 2.24) is 26.2 Å². The fourth-order valence-electron chi connectivity index (χ4n) is 7.97. The van der Waals surface area contributed by atoms with Gasteiger partial charge in [-0.1, -0.05) is 78.6 Å². The molecule has 14 heteroatoms. The second-order valence-electron chi connectivity index (χ2n) is 16.2. The molecular weight excluding hydrogens is 678 g/mol. The van der Waals surface area contributed by atoms with E-state index in [0.717, 1.165) is 64.2 Å². The number of amides is 5.